The maximum atomic E-state index is 13.9. The number of aryl methyl sites for hydroxylation is 2. The van der Waals surface area contributed by atoms with E-state index >= 15 is 0 Å². The fourth-order valence-corrected chi connectivity index (χ4v) is 2.59. The summed E-state index contributed by atoms with van der Waals surface area (Å²) in [4.78, 5) is 12.2. The van der Waals surface area contributed by atoms with Gasteiger partial charge >= 0.3 is 0 Å². The summed E-state index contributed by atoms with van der Waals surface area (Å²) in [6, 6.07) is -0.445. The Balaban J connectivity index is 2.54. The van der Waals surface area contributed by atoms with E-state index in [1.165, 1.54) is 17.7 Å². The van der Waals surface area contributed by atoms with Crippen LogP contribution in [0.15, 0.2) is 11.0 Å². The summed E-state index contributed by atoms with van der Waals surface area (Å²) in [5.74, 6) is -2.32. The van der Waals surface area contributed by atoms with Gasteiger partial charge < -0.3 is 10.3 Å². The number of hydrogen-bond acceptors (Lipinski definition) is 2. The van der Waals surface area contributed by atoms with Crippen LogP contribution in [0.3, 0.4) is 0 Å². The number of nitrogens with two attached hydrogens (primary N) is 1. The topological polar surface area (TPSA) is 48.0 Å². The van der Waals surface area contributed by atoms with Crippen molar-refractivity contribution in [2.45, 2.75) is 32.5 Å². The predicted octanol–water partition coefficient (Wildman–Crippen LogP) is 2.76. The van der Waals surface area contributed by atoms with E-state index in [2.05, 4.69) is 0 Å². The average molecular weight is 282 g/mol. The van der Waals surface area contributed by atoms with E-state index in [-0.39, 0.29) is 16.5 Å². The molecule has 1 heterocycles. The molecule has 1 fully saturated rings. The molecule has 1 saturated carbocycles. The Morgan fingerprint density at radius 3 is 2.45 bits per heavy atom. The Bertz CT molecular complexity index is 798. The van der Waals surface area contributed by atoms with Crippen LogP contribution in [0, 0.1) is 25.5 Å². The molecule has 6 heteroatoms. The van der Waals surface area contributed by atoms with Crippen LogP contribution in [0.5, 0.6) is 0 Å². The molecule has 1 aromatic carbocycles. The molecule has 0 amide bonds. The summed E-state index contributed by atoms with van der Waals surface area (Å²) in [5.41, 5.74) is 5.08. The zero-order valence-corrected chi connectivity index (χ0v) is 11.0. The lowest BCUT2D eigenvalue weighted by Crippen LogP contribution is -2.17. The maximum Gasteiger partial charge on any atom is 0.194 e. The highest BCUT2D eigenvalue weighted by molar-refractivity contribution is 5.93. The van der Waals surface area contributed by atoms with Gasteiger partial charge in [0.05, 0.1) is 22.6 Å². The van der Waals surface area contributed by atoms with E-state index in [1.54, 1.807) is 6.92 Å². The van der Waals surface area contributed by atoms with Crippen LogP contribution in [0.2, 0.25) is 0 Å². The van der Waals surface area contributed by atoms with Gasteiger partial charge in [-0.3, -0.25) is 4.79 Å². The van der Waals surface area contributed by atoms with Crippen LogP contribution < -0.4 is 11.2 Å². The van der Waals surface area contributed by atoms with Crippen LogP contribution in [0.1, 0.15) is 23.6 Å². The molecule has 2 N–H and O–H groups in total. The molecule has 0 radical (unpaired) electrons. The van der Waals surface area contributed by atoms with E-state index in [1.807, 2.05) is 0 Å². The molecule has 3 rings (SSSR count). The highest BCUT2D eigenvalue weighted by Gasteiger charge is 2.40. The number of pyridine rings is 1. The molecule has 0 unspecified atom stereocenters. The van der Waals surface area contributed by atoms with Gasteiger partial charge in [-0.2, -0.15) is 0 Å². The number of aromatic nitrogens is 1. The van der Waals surface area contributed by atoms with Gasteiger partial charge in [0.2, 0.25) is 0 Å². The van der Waals surface area contributed by atoms with Crippen LogP contribution >= 0.6 is 0 Å². The van der Waals surface area contributed by atoms with Crippen molar-refractivity contribution >= 4 is 16.6 Å². The fourth-order valence-electron chi connectivity index (χ4n) is 2.59. The first-order chi connectivity index (χ1) is 9.34. The monoisotopic (exact) mass is 282 g/mol. The van der Waals surface area contributed by atoms with Crippen molar-refractivity contribution < 1.29 is 13.2 Å². The quantitative estimate of drug-likeness (QED) is 0.818. The molecule has 2 atom stereocenters. The minimum atomic E-state index is -1.23. The number of nitrogens with zero attached hydrogens (tertiary/aromatic N) is 1. The Kier molecular flexibility index (Phi) is 2.61. The zero-order chi connectivity index (χ0) is 14.8. The third-order valence-electron chi connectivity index (χ3n) is 3.83. The molecule has 20 heavy (non-hydrogen) atoms. The molecule has 106 valence electrons. The largest absolute Gasteiger partial charge is 0.396 e. The number of benzene rings is 1. The van der Waals surface area contributed by atoms with Crippen LogP contribution in [-0.4, -0.2) is 10.7 Å². The van der Waals surface area contributed by atoms with E-state index in [0.717, 1.165) is 0 Å². The minimum absolute atomic E-state index is 0.0251. The first kappa shape index (κ1) is 13.0. The Labute approximate surface area is 112 Å². The summed E-state index contributed by atoms with van der Waals surface area (Å²) in [6.07, 6.45) is 0.753. The molecule has 0 aliphatic heterocycles. The van der Waals surface area contributed by atoms with E-state index in [0.29, 0.717) is 12.0 Å². The lowest BCUT2D eigenvalue weighted by Gasteiger charge is -2.16. The van der Waals surface area contributed by atoms with Crippen molar-refractivity contribution in [3.8, 4) is 0 Å². The van der Waals surface area contributed by atoms with Crippen LogP contribution in [0.4, 0.5) is 18.9 Å². The van der Waals surface area contributed by atoms with Crippen molar-refractivity contribution in [2.75, 3.05) is 5.73 Å². The second-order valence-electron chi connectivity index (χ2n) is 5.26. The standard InChI is InChI=1S/C14H13F3N2O/c1-5-4-19(8-3-7(8)15)13-6(2)10(16)11(17)12(18)9(13)14(5)20/h4,7-8H,3,18H2,1-2H3/t7-,8+/m0/s1. The number of halogens is 3. The first-order valence-electron chi connectivity index (χ1n) is 6.27. The molecular formula is C14H13F3N2O. The molecule has 0 spiro atoms. The molecular weight excluding hydrogens is 269 g/mol. The Morgan fingerprint density at radius 1 is 1.30 bits per heavy atom. The SMILES string of the molecule is Cc1cn([C@@H]2C[C@@H]2F)c2c(C)c(F)c(F)c(N)c2c1=O. The number of fused-ring (bicyclic) bond motifs is 1. The minimum Gasteiger partial charge on any atom is -0.396 e. The van der Waals surface area contributed by atoms with Crippen LogP contribution in [-0.2, 0) is 0 Å². The van der Waals surface area contributed by atoms with Crippen molar-refractivity contribution in [3.63, 3.8) is 0 Å². The second-order valence-corrected chi connectivity index (χ2v) is 5.26. The molecule has 1 aliphatic carbocycles. The normalized spacial score (nSPS) is 21.4. The predicted molar refractivity (Wildman–Crippen MR) is 70.6 cm³/mol. The van der Waals surface area contributed by atoms with Crippen molar-refractivity contribution in [3.05, 3.63) is 39.2 Å². The van der Waals surface area contributed by atoms with Gasteiger partial charge in [-0.25, -0.2) is 13.2 Å². The number of anilines is 1. The third kappa shape index (κ3) is 1.57. The maximum absolute atomic E-state index is 13.9. The van der Waals surface area contributed by atoms with Gasteiger partial charge in [0.1, 0.15) is 6.17 Å². The highest BCUT2D eigenvalue weighted by atomic mass is 19.2. The fraction of sp³-hybridized carbons (Fsp3) is 0.357. The van der Waals surface area contributed by atoms with Gasteiger partial charge in [0.25, 0.3) is 0 Å². The van der Waals surface area contributed by atoms with Crippen molar-refractivity contribution in [1.29, 1.82) is 0 Å². The second kappa shape index (κ2) is 4.01. The van der Waals surface area contributed by atoms with Gasteiger partial charge in [-0.1, -0.05) is 0 Å². The number of hydrogen-bond donors (Lipinski definition) is 1. The van der Waals surface area contributed by atoms with Gasteiger partial charge in [0.15, 0.2) is 17.1 Å². The number of nitrogen functional groups attached to an aromatic ring is 1. The highest BCUT2D eigenvalue weighted by Crippen LogP contribution is 2.42. The van der Waals surface area contributed by atoms with E-state index < -0.39 is 35.0 Å². The van der Waals surface area contributed by atoms with Gasteiger partial charge in [-0.15, -0.1) is 0 Å². The Morgan fingerprint density at radius 2 is 1.90 bits per heavy atom. The zero-order valence-electron chi connectivity index (χ0n) is 11.0. The number of rotatable bonds is 1. The lowest BCUT2D eigenvalue weighted by molar-refractivity contribution is 0.443. The van der Waals surface area contributed by atoms with E-state index in [9.17, 15) is 18.0 Å². The smallest absolute Gasteiger partial charge is 0.194 e. The summed E-state index contributed by atoms with van der Waals surface area (Å²) in [6.45, 7) is 2.91. The van der Waals surface area contributed by atoms with Gasteiger partial charge in [0, 0.05) is 23.7 Å². The third-order valence-corrected chi connectivity index (χ3v) is 3.83. The molecule has 0 saturated heterocycles. The van der Waals surface area contributed by atoms with Crippen molar-refractivity contribution in [1.82, 2.24) is 4.57 Å². The summed E-state index contributed by atoms with van der Waals surface area (Å²) in [5, 5.41) is -0.0690. The molecule has 2 aromatic rings. The molecule has 1 aliphatic rings. The summed E-state index contributed by atoms with van der Waals surface area (Å²) in [7, 11) is 0. The first-order valence-corrected chi connectivity index (χ1v) is 6.27. The lowest BCUT2D eigenvalue weighted by atomic mass is 10.0. The van der Waals surface area contributed by atoms with E-state index in [4.69, 9.17) is 5.73 Å². The summed E-state index contributed by atoms with van der Waals surface area (Å²) < 4.78 is 42.4. The van der Waals surface area contributed by atoms with Crippen molar-refractivity contribution in [2.24, 2.45) is 0 Å². The van der Waals surface area contributed by atoms with Crippen LogP contribution in [0.25, 0.3) is 10.9 Å². The summed E-state index contributed by atoms with van der Waals surface area (Å²) >= 11 is 0. The molecule has 0 bridgehead atoms. The molecule has 3 nitrogen and oxygen atoms in total. The van der Waals surface area contributed by atoms with Gasteiger partial charge in [-0.05, 0) is 13.8 Å². The number of alkyl halides is 1. The Hall–Kier alpha value is -1.98. The average Bonchev–Trinajstić information content (AvgIpc) is 3.13. The molecule has 1 aromatic heterocycles.